The summed E-state index contributed by atoms with van der Waals surface area (Å²) in [6, 6.07) is 17.6. The van der Waals surface area contributed by atoms with Gasteiger partial charge in [-0.05, 0) is 32.4 Å². The molecule has 1 N–H and O–H groups in total. The zero-order valence-electron chi connectivity index (χ0n) is 16.4. The first-order chi connectivity index (χ1) is 13.4. The van der Waals surface area contributed by atoms with E-state index in [1.165, 1.54) is 5.56 Å². The number of hydrogen-bond donors (Lipinski definition) is 1. The van der Waals surface area contributed by atoms with E-state index in [1.807, 2.05) is 68.4 Å². The van der Waals surface area contributed by atoms with Crippen LogP contribution in [0.3, 0.4) is 0 Å². The van der Waals surface area contributed by atoms with E-state index >= 15 is 0 Å². The molecule has 5 nitrogen and oxygen atoms in total. The molecule has 3 aromatic rings. The number of rotatable bonds is 7. The van der Waals surface area contributed by atoms with Gasteiger partial charge >= 0.3 is 0 Å². The Morgan fingerprint density at radius 3 is 2.46 bits per heavy atom. The van der Waals surface area contributed by atoms with Gasteiger partial charge in [0.1, 0.15) is 5.69 Å². The number of nitrogens with zero attached hydrogens (tertiary/aromatic N) is 2. The number of benzene rings is 2. The van der Waals surface area contributed by atoms with Crippen molar-refractivity contribution in [1.82, 2.24) is 15.1 Å². The summed E-state index contributed by atoms with van der Waals surface area (Å²) < 4.78 is 13.1. The van der Waals surface area contributed by atoms with Crippen LogP contribution in [0.5, 0.6) is 0 Å². The molecule has 1 amide bonds. The zero-order chi connectivity index (χ0) is 20.1. The molecule has 28 heavy (non-hydrogen) atoms. The molecular weight excluding hydrogens is 370 g/mol. The highest BCUT2D eigenvalue weighted by atomic mass is 32.2. The Morgan fingerprint density at radius 1 is 1.14 bits per heavy atom. The summed E-state index contributed by atoms with van der Waals surface area (Å²) in [4.78, 5) is 13.0. The van der Waals surface area contributed by atoms with Gasteiger partial charge in [0, 0.05) is 40.6 Å². The molecule has 0 bridgehead atoms. The number of hydrogen-bond acceptors (Lipinski definition) is 3. The summed E-state index contributed by atoms with van der Waals surface area (Å²) in [7, 11) is -0.870. The molecule has 0 aliphatic rings. The third-order valence-corrected chi connectivity index (χ3v) is 5.33. The van der Waals surface area contributed by atoms with Gasteiger partial charge in [-0.1, -0.05) is 48.0 Å². The van der Waals surface area contributed by atoms with Gasteiger partial charge in [0.25, 0.3) is 5.91 Å². The SMILES string of the molecule is Cc1ccc(-n2cc(C(=O)N[C@@H](C)CC[S@](C)=O)c(-c3ccccc3)n2)cc1. The summed E-state index contributed by atoms with van der Waals surface area (Å²) in [6.45, 7) is 3.96. The minimum absolute atomic E-state index is 0.0669. The molecule has 0 fully saturated rings. The molecule has 3 rings (SSSR count). The molecule has 0 saturated carbocycles. The molecule has 0 aliphatic heterocycles. The lowest BCUT2D eigenvalue weighted by Gasteiger charge is -2.13. The predicted molar refractivity (Wildman–Crippen MR) is 114 cm³/mol. The summed E-state index contributed by atoms with van der Waals surface area (Å²) in [5.74, 6) is 0.391. The van der Waals surface area contributed by atoms with Crippen molar-refractivity contribution < 1.29 is 9.00 Å². The standard InChI is InChI=1S/C22H25N3O2S/c1-16-9-11-19(12-10-16)25-15-20(21(24-25)18-7-5-4-6-8-18)22(26)23-17(2)13-14-28(3)27/h4-12,15,17H,13-14H2,1-3H3,(H,23,26)/t17-,28-/m0/s1. The predicted octanol–water partition coefficient (Wildman–Crippen LogP) is 3.73. The first kappa shape index (κ1) is 20.0. The van der Waals surface area contributed by atoms with Crippen LogP contribution in [0.4, 0.5) is 0 Å². The molecule has 1 heterocycles. The van der Waals surface area contributed by atoms with Crippen LogP contribution < -0.4 is 5.32 Å². The van der Waals surface area contributed by atoms with Crippen molar-refractivity contribution in [3.8, 4) is 16.9 Å². The molecule has 0 aliphatic carbocycles. The first-order valence-electron chi connectivity index (χ1n) is 9.27. The Kier molecular flexibility index (Phi) is 6.41. The third kappa shape index (κ3) is 4.95. The maximum atomic E-state index is 13.0. The van der Waals surface area contributed by atoms with Gasteiger partial charge < -0.3 is 5.32 Å². The lowest BCUT2D eigenvalue weighted by Crippen LogP contribution is -2.33. The van der Waals surface area contributed by atoms with Gasteiger partial charge in [0.2, 0.25) is 0 Å². The van der Waals surface area contributed by atoms with Crippen molar-refractivity contribution in [3.63, 3.8) is 0 Å². The van der Waals surface area contributed by atoms with E-state index in [0.717, 1.165) is 11.3 Å². The minimum atomic E-state index is -0.870. The van der Waals surface area contributed by atoms with Crippen molar-refractivity contribution in [2.24, 2.45) is 0 Å². The van der Waals surface area contributed by atoms with Crippen molar-refractivity contribution >= 4 is 16.7 Å². The number of aryl methyl sites for hydroxylation is 1. The Hall–Kier alpha value is -2.73. The number of aromatic nitrogens is 2. The fourth-order valence-electron chi connectivity index (χ4n) is 2.90. The number of carbonyl (C=O) groups excluding carboxylic acids is 1. The normalized spacial score (nSPS) is 13.1. The molecule has 6 heteroatoms. The smallest absolute Gasteiger partial charge is 0.255 e. The van der Waals surface area contributed by atoms with Crippen LogP contribution in [0, 0.1) is 6.92 Å². The van der Waals surface area contributed by atoms with Gasteiger partial charge in [0.15, 0.2) is 0 Å². The van der Waals surface area contributed by atoms with Crippen LogP contribution in [0.1, 0.15) is 29.3 Å². The Morgan fingerprint density at radius 2 is 1.82 bits per heavy atom. The Bertz CT molecular complexity index is 965. The van der Waals surface area contributed by atoms with Crippen LogP contribution in [0.15, 0.2) is 60.8 Å². The molecule has 146 valence electrons. The number of nitrogens with one attached hydrogen (secondary N) is 1. The number of amides is 1. The van der Waals surface area contributed by atoms with E-state index < -0.39 is 10.8 Å². The highest BCUT2D eigenvalue weighted by Gasteiger charge is 2.20. The van der Waals surface area contributed by atoms with E-state index in [-0.39, 0.29) is 11.9 Å². The summed E-state index contributed by atoms with van der Waals surface area (Å²) in [6.07, 6.45) is 4.11. The van der Waals surface area contributed by atoms with Crippen LogP contribution in [0.2, 0.25) is 0 Å². The van der Waals surface area contributed by atoms with Crippen LogP contribution >= 0.6 is 0 Å². The largest absolute Gasteiger partial charge is 0.349 e. The van der Waals surface area contributed by atoms with E-state index in [4.69, 9.17) is 5.10 Å². The lowest BCUT2D eigenvalue weighted by atomic mass is 10.1. The van der Waals surface area contributed by atoms with Crippen LogP contribution in [-0.2, 0) is 10.8 Å². The second kappa shape index (κ2) is 8.97. The fraction of sp³-hybridized carbons (Fsp3) is 0.273. The van der Waals surface area contributed by atoms with Gasteiger partial charge in [-0.15, -0.1) is 0 Å². The molecule has 0 radical (unpaired) electrons. The Balaban J connectivity index is 1.93. The molecule has 2 atom stereocenters. The second-order valence-electron chi connectivity index (χ2n) is 6.98. The van der Waals surface area contributed by atoms with Crippen LogP contribution in [-0.4, -0.2) is 37.9 Å². The quantitative estimate of drug-likeness (QED) is 0.663. The van der Waals surface area contributed by atoms with Gasteiger partial charge in [-0.3, -0.25) is 9.00 Å². The van der Waals surface area contributed by atoms with E-state index in [1.54, 1.807) is 17.1 Å². The second-order valence-corrected chi connectivity index (χ2v) is 8.53. The first-order valence-corrected chi connectivity index (χ1v) is 11.0. The van der Waals surface area contributed by atoms with Crippen molar-refractivity contribution in [2.75, 3.05) is 12.0 Å². The van der Waals surface area contributed by atoms with E-state index in [0.29, 0.717) is 23.4 Å². The van der Waals surface area contributed by atoms with Gasteiger partial charge in [-0.25, -0.2) is 4.68 Å². The summed E-state index contributed by atoms with van der Waals surface area (Å²) in [5.41, 5.74) is 4.12. The van der Waals surface area contributed by atoms with Crippen molar-refractivity contribution in [1.29, 1.82) is 0 Å². The maximum Gasteiger partial charge on any atom is 0.255 e. The molecular formula is C22H25N3O2S. The third-order valence-electron chi connectivity index (χ3n) is 4.52. The summed E-state index contributed by atoms with van der Waals surface area (Å²) in [5, 5.41) is 7.70. The minimum Gasteiger partial charge on any atom is -0.349 e. The average Bonchev–Trinajstić information content (AvgIpc) is 3.13. The van der Waals surface area contributed by atoms with E-state index in [2.05, 4.69) is 5.32 Å². The monoisotopic (exact) mass is 395 g/mol. The highest BCUT2D eigenvalue weighted by molar-refractivity contribution is 7.84. The highest BCUT2D eigenvalue weighted by Crippen LogP contribution is 2.24. The maximum absolute atomic E-state index is 13.0. The average molecular weight is 396 g/mol. The van der Waals surface area contributed by atoms with E-state index in [9.17, 15) is 9.00 Å². The lowest BCUT2D eigenvalue weighted by molar-refractivity contribution is 0.0940. The summed E-state index contributed by atoms with van der Waals surface area (Å²) >= 11 is 0. The topological polar surface area (TPSA) is 64.0 Å². The van der Waals surface area contributed by atoms with Gasteiger partial charge in [0.05, 0.1) is 11.3 Å². The zero-order valence-corrected chi connectivity index (χ0v) is 17.2. The fourth-order valence-corrected chi connectivity index (χ4v) is 3.58. The molecule has 0 unspecified atom stereocenters. The van der Waals surface area contributed by atoms with Crippen molar-refractivity contribution in [3.05, 3.63) is 71.9 Å². The Labute approximate surface area is 168 Å². The molecule has 1 aromatic heterocycles. The molecule has 2 aromatic carbocycles. The van der Waals surface area contributed by atoms with Crippen LogP contribution in [0.25, 0.3) is 16.9 Å². The molecule has 0 spiro atoms. The molecule has 0 saturated heterocycles. The number of carbonyl (C=O) groups is 1. The van der Waals surface area contributed by atoms with Gasteiger partial charge in [-0.2, -0.15) is 5.10 Å². The van der Waals surface area contributed by atoms with Crippen molar-refractivity contribution in [2.45, 2.75) is 26.3 Å².